The maximum Gasteiger partial charge on any atom is 0.250 e. The van der Waals surface area contributed by atoms with E-state index in [-0.39, 0.29) is 5.41 Å². The third kappa shape index (κ3) is 5.80. The third-order valence-corrected chi connectivity index (χ3v) is 6.92. The van der Waals surface area contributed by atoms with E-state index < -0.39 is 0 Å². The van der Waals surface area contributed by atoms with Gasteiger partial charge in [0.1, 0.15) is 0 Å². The number of rotatable bonds is 6. The number of hydrogen-bond donors (Lipinski definition) is 0. The summed E-state index contributed by atoms with van der Waals surface area (Å²) in [6, 6.07) is 19.9. The van der Waals surface area contributed by atoms with Crippen molar-refractivity contribution in [3.05, 3.63) is 77.7 Å². The Hall–Kier alpha value is -2.72. The molecule has 2 aromatic carbocycles. The highest BCUT2D eigenvalue weighted by Crippen LogP contribution is 2.39. The first kappa shape index (κ1) is 23.4. The highest BCUT2D eigenvalue weighted by atomic mass is 16.5. The van der Waals surface area contributed by atoms with Gasteiger partial charge in [-0.2, -0.15) is 4.98 Å². The van der Waals surface area contributed by atoms with Gasteiger partial charge in [-0.15, -0.1) is 0 Å². The Morgan fingerprint density at radius 2 is 1.61 bits per heavy atom. The van der Waals surface area contributed by atoms with Crippen molar-refractivity contribution in [2.24, 2.45) is 11.8 Å². The molecule has 0 bridgehead atoms. The number of allylic oxidation sites excluding steroid dienone is 1. The molecule has 33 heavy (non-hydrogen) atoms. The Morgan fingerprint density at radius 1 is 0.939 bits per heavy atom. The Labute approximate surface area is 198 Å². The van der Waals surface area contributed by atoms with E-state index in [1.165, 1.54) is 36.8 Å². The van der Waals surface area contributed by atoms with Crippen molar-refractivity contribution in [2.45, 2.75) is 57.9 Å². The summed E-state index contributed by atoms with van der Waals surface area (Å²) in [6.45, 7) is 6.65. The summed E-state index contributed by atoms with van der Waals surface area (Å²) >= 11 is 0. The van der Waals surface area contributed by atoms with E-state index >= 15 is 0 Å². The van der Waals surface area contributed by atoms with Gasteiger partial charge in [0.2, 0.25) is 5.82 Å². The molecule has 174 valence electrons. The Balaban J connectivity index is 1.35. The predicted octanol–water partition coefficient (Wildman–Crippen LogP) is 7.16. The first-order chi connectivity index (χ1) is 15.8. The zero-order chi connectivity index (χ0) is 23.4. The third-order valence-electron chi connectivity index (χ3n) is 6.92. The maximum atomic E-state index is 5.50. The van der Waals surface area contributed by atoms with Crippen molar-refractivity contribution < 1.29 is 4.52 Å². The van der Waals surface area contributed by atoms with Crippen LogP contribution in [-0.4, -0.2) is 29.1 Å². The van der Waals surface area contributed by atoms with Crippen LogP contribution >= 0.6 is 0 Å². The lowest BCUT2D eigenvalue weighted by molar-refractivity contribution is 0.159. The molecule has 1 heterocycles. The minimum atomic E-state index is 0.135. The molecule has 1 aliphatic carbocycles. The minimum Gasteiger partial charge on any atom is -0.334 e. The summed E-state index contributed by atoms with van der Waals surface area (Å²) in [5.74, 6) is 2.50. The van der Waals surface area contributed by atoms with Gasteiger partial charge in [0.05, 0.1) is 0 Å². The maximum absolute atomic E-state index is 5.50. The van der Waals surface area contributed by atoms with Gasteiger partial charge in [0, 0.05) is 11.6 Å². The molecular formula is C29H37N3O. The molecule has 4 nitrogen and oxygen atoms in total. The van der Waals surface area contributed by atoms with E-state index in [2.05, 4.69) is 111 Å². The zero-order valence-electron chi connectivity index (χ0n) is 20.7. The summed E-state index contributed by atoms with van der Waals surface area (Å²) in [5.41, 5.74) is 3.85. The normalized spacial score (nSPS) is 20.4. The first-order valence-electron chi connectivity index (χ1n) is 12.2. The summed E-state index contributed by atoms with van der Waals surface area (Å²) in [4.78, 5) is 6.97. The van der Waals surface area contributed by atoms with Gasteiger partial charge in [0.15, 0.2) is 0 Å². The molecule has 0 radical (unpaired) electrons. The summed E-state index contributed by atoms with van der Waals surface area (Å²) in [7, 11) is 4.40. The topological polar surface area (TPSA) is 42.2 Å². The minimum absolute atomic E-state index is 0.135. The molecular weight excluding hydrogens is 406 g/mol. The largest absolute Gasteiger partial charge is 0.334 e. The Bertz CT molecular complexity index is 1040. The van der Waals surface area contributed by atoms with Crippen molar-refractivity contribution in [2.75, 3.05) is 14.1 Å². The summed E-state index contributed by atoms with van der Waals surface area (Å²) in [5, 5.41) is 4.19. The van der Waals surface area contributed by atoms with E-state index in [9.17, 15) is 0 Å². The van der Waals surface area contributed by atoms with Crippen molar-refractivity contribution in [3.63, 3.8) is 0 Å². The van der Waals surface area contributed by atoms with Gasteiger partial charge in [-0.3, -0.25) is 0 Å². The highest BCUT2D eigenvalue weighted by molar-refractivity contribution is 5.56. The van der Waals surface area contributed by atoms with Crippen LogP contribution in [0, 0.1) is 11.8 Å². The fourth-order valence-electron chi connectivity index (χ4n) is 5.05. The Kier molecular flexibility index (Phi) is 7.14. The first-order valence-corrected chi connectivity index (χ1v) is 12.2. The predicted molar refractivity (Wildman–Crippen MR) is 136 cm³/mol. The van der Waals surface area contributed by atoms with E-state index in [1.54, 1.807) is 0 Å². The van der Waals surface area contributed by atoms with Gasteiger partial charge in [-0.25, -0.2) is 0 Å². The van der Waals surface area contributed by atoms with Gasteiger partial charge in [0.25, 0.3) is 5.89 Å². The van der Waals surface area contributed by atoms with Gasteiger partial charge in [-0.05, 0) is 74.2 Å². The zero-order valence-corrected chi connectivity index (χ0v) is 20.7. The molecule has 1 unspecified atom stereocenters. The van der Waals surface area contributed by atoms with Crippen molar-refractivity contribution in [1.82, 2.24) is 15.0 Å². The molecule has 1 aliphatic rings. The standard InChI is InChI=1S/C29H37N3O/c1-29(2,3)25-18-16-24(17-19-25)28-30-26(33-31-28)20-13-21-11-14-23(15-12-21)27(32(4)5)22-9-7-6-8-10-22/h6-10,13,16-21,23,27H,11-12,14-15H2,1-5H3/b20-13+. The van der Waals surface area contributed by atoms with Crippen LogP contribution in [0.3, 0.4) is 0 Å². The van der Waals surface area contributed by atoms with E-state index in [1.807, 2.05) is 6.08 Å². The second-order valence-corrected chi connectivity index (χ2v) is 10.6. The molecule has 0 amide bonds. The molecule has 0 saturated heterocycles. The van der Waals surface area contributed by atoms with Crippen LogP contribution in [0.5, 0.6) is 0 Å². The van der Waals surface area contributed by atoms with Crippen molar-refractivity contribution >= 4 is 6.08 Å². The molecule has 4 heteroatoms. The smallest absolute Gasteiger partial charge is 0.250 e. The SMILES string of the molecule is CN(C)C(c1ccccc1)C1CCC(/C=C/c2nc(-c3ccc(C(C)(C)C)cc3)no2)CC1. The van der Waals surface area contributed by atoms with Crippen LogP contribution in [0.4, 0.5) is 0 Å². The second-order valence-electron chi connectivity index (χ2n) is 10.6. The van der Waals surface area contributed by atoms with E-state index in [4.69, 9.17) is 4.52 Å². The van der Waals surface area contributed by atoms with Gasteiger partial charge >= 0.3 is 0 Å². The number of aromatic nitrogens is 2. The average molecular weight is 444 g/mol. The molecule has 1 atom stereocenters. The molecule has 1 aromatic heterocycles. The average Bonchev–Trinajstić information content (AvgIpc) is 3.28. The van der Waals surface area contributed by atoms with E-state index in [0.29, 0.717) is 29.6 Å². The lowest BCUT2D eigenvalue weighted by Crippen LogP contribution is -2.30. The van der Waals surface area contributed by atoms with Crippen LogP contribution in [0.2, 0.25) is 0 Å². The molecule has 3 aromatic rings. The second kappa shape index (κ2) is 10.0. The quantitative estimate of drug-likeness (QED) is 0.405. The fraction of sp³-hybridized carbons (Fsp3) is 0.448. The molecule has 1 saturated carbocycles. The lowest BCUT2D eigenvalue weighted by Gasteiger charge is -2.37. The molecule has 4 rings (SSSR count). The van der Waals surface area contributed by atoms with Gasteiger partial charge < -0.3 is 9.42 Å². The van der Waals surface area contributed by atoms with Crippen LogP contribution in [0.15, 0.2) is 65.2 Å². The molecule has 0 N–H and O–H groups in total. The van der Waals surface area contributed by atoms with Crippen LogP contribution in [0.1, 0.15) is 69.5 Å². The number of benzene rings is 2. The van der Waals surface area contributed by atoms with E-state index in [0.717, 1.165) is 5.56 Å². The van der Waals surface area contributed by atoms with Crippen LogP contribution in [0.25, 0.3) is 17.5 Å². The highest BCUT2D eigenvalue weighted by Gasteiger charge is 2.29. The van der Waals surface area contributed by atoms with Crippen LogP contribution in [-0.2, 0) is 5.41 Å². The van der Waals surface area contributed by atoms with Crippen molar-refractivity contribution in [1.29, 1.82) is 0 Å². The fourth-order valence-corrected chi connectivity index (χ4v) is 5.05. The lowest BCUT2D eigenvalue weighted by atomic mass is 9.76. The number of nitrogens with zero attached hydrogens (tertiary/aromatic N) is 3. The monoisotopic (exact) mass is 443 g/mol. The number of hydrogen-bond acceptors (Lipinski definition) is 4. The summed E-state index contributed by atoms with van der Waals surface area (Å²) in [6.07, 6.45) is 9.15. The van der Waals surface area contributed by atoms with Crippen LogP contribution < -0.4 is 0 Å². The Morgan fingerprint density at radius 3 is 2.21 bits per heavy atom. The van der Waals surface area contributed by atoms with Gasteiger partial charge in [-0.1, -0.05) is 86.6 Å². The molecule has 1 fully saturated rings. The summed E-state index contributed by atoms with van der Waals surface area (Å²) < 4.78 is 5.50. The molecule has 0 aliphatic heterocycles. The van der Waals surface area contributed by atoms with Crippen molar-refractivity contribution in [3.8, 4) is 11.4 Å². The molecule has 0 spiro atoms.